The molecule has 0 radical (unpaired) electrons. The summed E-state index contributed by atoms with van der Waals surface area (Å²) >= 11 is 1.73. The molecule has 0 aliphatic carbocycles. The molecular weight excluding hydrogens is 242 g/mol. The van der Waals surface area contributed by atoms with Crippen LogP contribution >= 0.6 is 11.3 Å². The van der Waals surface area contributed by atoms with Crippen molar-refractivity contribution >= 4 is 16.3 Å². The number of aromatic nitrogens is 3. The lowest BCUT2D eigenvalue weighted by atomic mass is 10.1. The fraction of sp³-hybridized carbons (Fsp3) is 0.714. The Balaban J connectivity index is 1.94. The van der Waals surface area contributed by atoms with Gasteiger partial charge < -0.3 is 0 Å². The summed E-state index contributed by atoms with van der Waals surface area (Å²) < 4.78 is 1.96. The van der Waals surface area contributed by atoms with Gasteiger partial charge in [-0.2, -0.15) is 5.10 Å². The molecule has 0 amide bonds. The lowest BCUT2D eigenvalue weighted by Crippen LogP contribution is -1.94. The van der Waals surface area contributed by atoms with Crippen molar-refractivity contribution < 1.29 is 0 Å². The summed E-state index contributed by atoms with van der Waals surface area (Å²) in [5.41, 5.74) is 1.20. The van der Waals surface area contributed by atoms with E-state index in [9.17, 15) is 0 Å². The van der Waals surface area contributed by atoms with Crippen LogP contribution in [0.1, 0.15) is 57.2 Å². The van der Waals surface area contributed by atoms with Crippen LogP contribution in [0.25, 0.3) is 4.96 Å². The highest BCUT2D eigenvalue weighted by Gasteiger charge is 2.09. The summed E-state index contributed by atoms with van der Waals surface area (Å²) in [6.07, 6.45) is 9.43. The van der Waals surface area contributed by atoms with Crippen LogP contribution in [0.3, 0.4) is 0 Å². The van der Waals surface area contributed by atoms with Crippen molar-refractivity contribution in [1.82, 2.24) is 14.6 Å². The Labute approximate surface area is 113 Å². The zero-order valence-corrected chi connectivity index (χ0v) is 12.5. The Morgan fingerprint density at radius 2 is 2.11 bits per heavy atom. The number of hydrogen-bond donors (Lipinski definition) is 0. The molecule has 4 heteroatoms. The van der Waals surface area contributed by atoms with Gasteiger partial charge in [0.15, 0.2) is 0 Å². The summed E-state index contributed by atoms with van der Waals surface area (Å²) in [5, 5.41) is 5.79. The second kappa shape index (κ2) is 6.32. The number of unbranched alkanes of at least 4 members (excludes halogenated alkanes) is 3. The highest BCUT2D eigenvalue weighted by molar-refractivity contribution is 7.16. The molecular formula is C14H23N3S. The van der Waals surface area contributed by atoms with Gasteiger partial charge >= 0.3 is 0 Å². The molecule has 0 saturated carbocycles. The van der Waals surface area contributed by atoms with Crippen molar-refractivity contribution in [3.05, 3.63) is 16.9 Å². The molecule has 2 aromatic rings. The van der Waals surface area contributed by atoms with Crippen LogP contribution in [-0.4, -0.2) is 14.6 Å². The highest BCUT2D eigenvalue weighted by Crippen LogP contribution is 2.18. The van der Waals surface area contributed by atoms with Crippen LogP contribution in [0.4, 0.5) is 0 Å². The first-order valence-electron chi connectivity index (χ1n) is 7.03. The quantitative estimate of drug-likeness (QED) is 0.705. The Kier molecular flexibility index (Phi) is 4.75. The van der Waals surface area contributed by atoms with Gasteiger partial charge in [-0.25, -0.2) is 9.50 Å². The molecule has 0 aliphatic heterocycles. The summed E-state index contributed by atoms with van der Waals surface area (Å²) in [6.45, 7) is 6.69. The molecule has 0 N–H and O–H groups in total. The molecule has 18 heavy (non-hydrogen) atoms. The van der Waals surface area contributed by atoms with E-state index in [2.05, 4.69) is 37.1 Å². The maximum absolute atomic E-state index is 4.66. The van der Waals surface area contributed by atoms with E-state index >= 15 is 0 Å². The first-order chi connectivity index (χ1) is 8.69. The average molecular weight is 265 g/mol. The maximum Gasteiger partial charge on any atom is 0.212 e. The molecule has 2 heterocycles. The number of rotatable bonds is 7. The van der Waals surface area contributed by atoms with Gasteiger partial charge in [0.05, 0.1) is 11.9 Å². The predicted molar refractivity (Wildman–Crippen MR) is 77.3 cm³/mol. The molecule has 3 nitrogen and oxygen atoms in total. The molecule has 0 fully saturated rings. The third-order valence-electron chi connectivity index (χ3n) is 3.00. The summed E-state index contributed by atoms with van der Waals surface area (Å²) in [5.74, 6) is 0.661. The van der Waals surface area contributed by atoms with Crippen molar-refractivity contribution in [1.29, 1.82) is 0 Å². The third kappa shape index (κ3) is 3.55. The lowest BCUT2D eigenvalue weighted by molar-refractivity contribution is 0.636. The van der Waals surface area contributed by atoms with E-state index in [1.165, 1.54) is 36.4 Å². The van der Waals surface area contributed by atoms with E-state index in [1.54, 1.807) is 11.3 Å². The fourth-order valence-electron chi connectivity index (χ4n) is 2.07. The van der Waals surface area contributed by atoms with Crippen LogP contribution in [-0.2, 0) is 12.8 Å². The molecule has 0 unspecified atom stereocenters. The first kappa shape index (κ1) is 13.5. The second-order valence-electron chi connectivity index (χ2n) is 5.36. The average Bonchev–Trinajstić information content (AvgIpc) is 2.81. The van der Waals surface area contributed by atoms with Gasteiger partial charge in [0.25, 0.3) is 0 Å². The Hall–Kier alpha value is -0.900. The highest BCUT2D eigenvalue weighted by atomic mass is 32.1. The van der Waals surface area contributed by atoms with E-state index in [0.717, 1.165) is 17.8 Å². The predicted octanol–water partition coefficient (Wildman–Crippen LogP) is 4.11. The number of nitrogens with zero attached hydrogens (tertiary/aromatic N) is 3. The topological polar surface area (TPSA) is 30.2 Å². The van der Waals surface area contributed by atoms with Crippen molar-refractivity contribution in [3.8, 4) is 0 Å². The molecule has 100 valence electrons. The second-order valence-corrected chi connectivity index (χ2v) is 6.40. The molecule has 2 aromatic heterocycles. The van der Waals surface area contributed by atoms with Gasteiger partial charge in [0.1, 0.15) is 5.01 Å². The van der Waals surface area contributed by atoms with Crippen molar-refractivity contribution in [2.24, 2.45) is 5.92 Å². The monoisotopic (exact) mass is 265 g/mol. The van der Waals surface area contributed by atoms with E-state index in [-0.39, 0.29) is 0 Å². The van der Waals surface area contributed by atoms with Crippen molar-refractivity contribution in [2.75, 3.05) is 0 Å². The minimum Gasteiger partial charge on any atom is -0.223 e. The van der Waals surface area contributed by atoms with Gasteiger partial charge in [-0.15, -0.1) is 0 Å². The Bertz CT molecular complexity index is 453. The van der Waals surface area contributed by atoms with Gasteiger partial charge in [0, 0.05) is 6.42 Å². The molecule has 2 rings (SSSR count). The summed E-state index contributed by atoms with van der Waals surface area (Å²) in [4.78, 5) is 5.71. The maximum atomic E-state index is 4.66. The van der Waals surface area contributed by atoms with E-state index in [1.807, 2.05) is 4.52 Å². The van der Waals surface area contributed by atoms with Crippen LogP contribution < -0.4 is 0 Å². The van der Waals surface area contributed by atoms with Crippen LogP contribution in [0.15, 0.2) is 6.20 Å². The van der Waals surface area contributed by atoms with Crippen LogP contribution in [0.5, 0.6) is 0 Å². The van der Waals surface area contributed by atoms with Crippen molar-refractivity contribution in [2.45, 2.75) is 59.3 Å². The fourth-order valence-corrected chi connectivity index (χ4v) is 3.18. The molecule has 0 aromatic carbocycles. The van der Waals surface area contributed by atoms with Gasteiger partial charge in [-0.05, 0) is 18.8 Å². The molecule has 0 aliphatic rings. The van der Waals surface area contributed by atoms with Gasteiger partial charge in [-0.1, -0.05) is 51.4 Å². The number of hydrogen-bond acceptors (Lipinski definition) is 3. The Morgan fingerprint density at radius 3 is 2.78 bits per heavy atom. The standard InChI is InChI=1S/C14H23N3S/c1-4-5-6-7-8-12-10-17-14(15-12)18-13(16-17)9-11(2)3/h10-11H,4-9H2,1-3H3. The van der Waals surface area contributed by atoms with E-state index in [4.69, 9.17) is 0 Å². The molecule has 0 bridgehead atoms. The largest absolute Gasteiger partial charge is 0.223 e. The minimum absolute atomic E-state index is 0.661. The molecule has 0 saturated heterocycles. The third-order valence-corrected chi connectivity index (χ3v) is 3.95. The normalized spacial score (nSPS) is 11.8. The molecule has 0 spiro atoms. The zero-order valence-electron chi connectivity index (χ0n) is 11.6. The smallest absolute Gasteiger partial charge is 0.212 e. The number of fused-ring (bicyclic) bond motifs is 1. The minimum atomic E-state index is 0.661. The molecule has 0 atom stereocenters. The van der Waals surface area contributed by atoms with E-state index in [0.29, 0.717) is 5.92 Å². The number of aryl methyl sites for hydroxylation is 1. The van der Waals surface area contributed by atoms with Gasteiger partial charge in [0.2, 0.25) is 4.96 Å². The Morgan fingerprint density at radius 1 is 1.28 bits per heavy atom. The van der Waals surface area contributed by atoms with E-state index < -0.39 is 0 Å². The van der Waals surface area contributed by atoms with Crippen LogP contribution in [0.2, 0.25) is 0 Å². The van der Waals surface area contributed by atoms with Crippen LogP contribution in [0, 0.1) is 5.92 Å². The lowest BCUT2D eigenvalue weighted by Gasteiger charge is -1.98. The SMILES string of the molecule is CCCCCCc1cn2nc(CC(C)C)sc2n1. The van der Waals surface area contributed by atoms with Crippen molar-refractivity contribution in [3.63, 3.8) is 0 Å². The number of imidazole rings is 1. The first-order valence-corrected chi connectivity index (χ1v) is 7.84. The zero-order chi connectivity index (χ0) is 13.0. The summed E-state index contributed by atoms with van der Waals surface area (Å²) in [7, 11) is 0. The van der Waals surface area contributed by atoms with Gasteiger partial charge in [-0.3, -0.25) is 0 Å². The summed E-state index contributed by atoms with van der Waals surface area (Å²) in [6, 6.07) is 0.